The first-order valence-electron chi connectivity index (χ1n) is 10.9. The highest BCUT2D eigenvalue weighted by atomic mass is 79.9. The number of amides is 2. The minimum atomic E-state index is -4.11. The standard InChI is InChI=1S/C26H22BrNO6S2/c1-17-3-8-21(9-4-17)33-14-13-28-25(29)24(35-26(28)30)16-19-15-20(27)7-12-23(19)34-36(31,32)22-10-5-18(2)6-11-22/h3-12,15-16H,13-14H2,1-2H3/b24-16-. The number of benzene rings is 3. The van der Waals surface area contributed by atoms with Gasteiger partial charge in [0.15, 0.2) is 0 Å². The number of rotatable bonds is 8. The summed E-state index contributed by atoms with van der Waals surface area (Å²) < 4.78 is 37.3. The summed E-state index contributed by atoms with van der Waals surface area (Å²) in [6.07, 6.45) is 1.45. The Hall–Kier alpha value is -3.08. The zero-order chi connectivity index (χ0) is 25.9. The molecule has 0 spiro atoms. The first-order valence-corrected chi connectivity index (χ1v) is 13.9. The van der Waals surface area contributed by atoms with E-state index in [1.807, 2.05) is 38.1 Å². The lowest BCUT2D eigenvalue weighted by Gasteiger charge is -2.13. The summed E-state index contributed by atoms with van der Waals surface area (Å²) in [4.78, 5) is 26.7. The highest BCUT2D eigenvalue weighted by Gasteiger charge is 2.35. The zero-order valence-corrected chi connectivity index (χ0v) is 22.7. The van der Waals surface area contributed by atoms with Gasteiger partial charge in [0.25, 0.3) is 11.1 Å². The fourth-order valence-electron chi connectivity index (χ4n) is 3.30. The van der Waals surface area contributed by atoms with E-state index < -0.39 is 21.3 Å². The maximum Gasteiger partial charge on any atom is 0.339 e. The van der Waals surface area contributed by atoms with E-state index in [1.54, 1.807) is 24.3 Å². The largest absolute Gasteiger partial charge is 0.492 e. The molecule has 0 unspecified atom stereocenters. The molecule has 1 heterocycles. The Morgan fingerprint density at radius 1 is 0.944 bits per heavy atom. The van der Waals surface area contributed by atoms with Crippen LogP contribution in [0.3, 0.4) is 0 Å². The molecule has 1 saturated heterocycles. The number of nitrogens with zero attached hydrogens (tertiary/aromatic N) is 1. The summed E-state index contributed by atoms with van der Waals surface area (Å²) in [6.45, 7) is 4.05. The summed E-state index contributed by atoms with van der Waals surface area (Å²) in [5, 5.41) is -0.427. The Labute approximate surface area is 222 Å². The fraction of sp³-hybridized carbons (Fsp3) is 0.154. The average Bonchev–Trinajstić information content (AvgIpc) is 3.09. The van der Waals surface area contributed by atoms with Crippen LogP contribution < -0.4 is 8.92 Å². The van der Waals surface area contributed by atoms with Crippen molar-refractivity contribution in [1.82, 2.24) is 4.90 Å². The third kappa shape index (κ3) is 6.18. The van der Waals surface area contributed by atoms with Gasteiger partial charge in [-0.2, -0.15) is 8.42 Å². The molecule has 10 heteroatoms. The van der Waals surface area contributed by atoms with Gasteiger partial charge in [0, 0.05) is 10.0 Å². The second-order valence-corrected chi connectivity index (χ2v) is 11.5. The molecule has 3 aromatic carbocycles. The number of aryl methyl sites for hydroxylation is 2. The molecular weight excluding hydrogens is 566 g/mol. The Balaban J connectivity index is 1.51. The maximum absolute atomic E-state index is 12.9. The van der Waals surface area contributed by atoms with Crippen LogP contribution in [-0.2, 0) is 14.9 Å². The van der Waals surface area contributed by atoms with Crippen LogP contribution in [-0.4, -0.2) is 37.6 Å². The van der Waals surface area contributed by atoms with Crippen LogP contribution in [0.5, 0.6) is 11.5 Å². The first-order chi connectivity index (χ1) is 17.1. The molecule has 186 valence electrons. The lowest BCUT2D eigenvalue weighted by atomic mass is 10.2. The van der Waals surface area contributed by atoms with Gasteiger partial charge in [-0.05, 0) is 74.1 Å². The van der Waals surface area contributed by atoms with Crippen molar-refractivity contribution < 1.29 is 26.9 Å². The molecule has 0 saturated carbocycles. The maximum atomic E-state index is 12.9. The molecule has 0 radical (unpaired) electrons. The van der Waals surface area contributed by atoms with Gasteiger partial charge >= 0.3 is 10.1 Å². The quantitative estimate of drug-likeness (QED) is 0.237. The van der Waals surface area contributed by atoms with Gasteiger partial charge in [-0.1, -0.05) is 51.3 Å². The van der Waals surface area contributed by atoms with E-state index >= 15 is 0 Å². The number of imide groups is 1. The van der Waals surface area contributed by atoms with E-state index in [4.69, 9.17) is 8.92 Å². The van der Waals surface area contributed by atoms with E-state index in [1.165, 1.54) is 24.3 Å². The second-order valence-electron chi connectivity index (χ2n) is 8.03. The second kappa shape index (κ2) is 10.9. The predicted octanol–water partition coefficient (Wildman–Crippen LogP) is 5.95. The van der Waals surface area contributed by atoms with Crippen LogP contribution in [0.2, 0.25) is 0 Å². The Morgan fingerprint density at radius 3 is 2.25 bits per heavy atom. The third-order valence-corrected chi connectivity index (χ3v) is 7.89. The van der Waals surface area contributed by atoms with Crippen LogP contribution >= 0.6 is 27.7 Å². The van der Waals surface area contributed by atoms with Gasteiger partial charge in [0.2, 0.25) is 0 Å². The van der Waals surface area contributed by atoms with Crippen molar-refractivity contribution in [2.45, 2.75) is 18.7 Å². The van der Waals surface area contributed by atoms with Gasteiger partial charge in [0.05, 0.1) is 11.4 Å². The summed E-state index contributed by atoms with van der Waals surface area (Å²) in [6, 6.07) is 18.5. The van der Waals surface area contributed by atoms with E-state index in [2.05, 4.69) is 15.9 Å². The topological polar surface area (TPSA) is 90.0 Å². The minimum absolute atomic E-state index is 0.0101. The van der Waals surface area contributed by atoms with Crippen molar-refractivity contribution in [3.63, 3.8) is 0 Å². The normalized spacial score (nSPS) is 15.0. The van der Waals surface area contributed by atoms with E-state index in [-0.39, 0.29) is 28.7 Å². The Kier molecular flexibility index (Phi) is 7.87. The molecule has 1 aliphatic rings. The van der Waals surface area contributed by atoms with Crippen molar-refractivity contribution in [3.05, 3.63) is 92.8 Å². The molecule has 0 bridgehead atoms. The number of hydrogen-bond acceptors (Lipinski definition) is 7. The average molecular weight is 589 g/mol. The molecular formula is C26H22BrNO6S2. The van der Waals surface area contributed by atoms with Crippen molar-refractivity contribution in [2.24, 2.45) is 0 Å². The summed E-state index contributed by atoms with van der Waals surface area (Å²) in [5.41, 5.74) is 2.35. The number of carbonyl (C=O) groups is 2. The highest BCUT2D eigenvalue weighted by molar-refractivity contribution is 9.10. The van der Waals surface area contributed by atoms with E-state index in [0.29, 0.717) is 15.8 Å². The molecule has 0 aromatic heterocycles. The predicted molar refractivity (Wildman–Crippen MR) is 142 cm³/mol. The molecule has 7 nitrogen and oxygen atoms in total. The van der Waals surface area contributed by atoms with Crippen molar-refractivity contribution in [3.8, 4) is 11.5 Å². The molecule has 0 N–H and O–H groups in total. The molecule has 3 aromatic rings. The third-order valence-electron chi connectivity index (χ3n) is 5.25. The molecule has 4 rings (SSSR count). The Morgan fingerprint density at radius 2 is 1.58 bits per heavy atom. The monoisotopic (exact) mass is 587 g/mol. The Bertz CT molecular complexity index is 1430. The number of halogens is 1. The molecule has 1 aliphatic heterocycles. The van der Waals surface area contributed by atoms with Crippen molar-refractivity contribution in [2.75, 3.05) is 13.2 Å². The number of hydrogen-bond donors (Lipinski definition) is 0. The summed E-state index contributed by atoms with van der Waals surface area (Å²) >= 11 is 4.14. The van der Waals surface area contributed by atoms with Crippen molar-refractivity contribution in [1.29, 1.82) is 0 Å². The number of carbonyl (C=O) groups excluding carboxylic acids is 2. The highest BCUT2D eigenvalue weighted by Crippen LogP contribution is 2.35. The summed E-state index contributed by atoms with van der Waals surface area (Å²) in [7, 11) is -4.11. The van der Waals surface area contributed by atoms with Gasteiger partial charge in [0.1, 0.15) is 23.0 Å². The van der Waals surface area contributed by atoms with Crippen LogP contribution in [0.1, 0.15) is 16.7 Å². The number of ether oxygens (including phenoxy) is 1. The first kappa shape index (κ1) is 26.0. The molecule has 36 heavy (non-hydrogen) atoms. The van der Waals surface area contributed by atoms with Gasteiger partial charge in [-0.3, -0.25) is 14.5 Å². The van der Waals surface area contributed by atoms with Crippen LogP contribution in [0.15, 0.2) is 81.0 Å². The minimum Gasteiger partial charge on any atom is -0.492 e. The van der Waals surface area contributed by atoms with Gasteiger partial charge < -0.3 is 8.92 Å². The van der Waals surface area contributed by atoms with Crippen LogP contribution in [0.4, 0.5) is 4.79 Å². The lowest BCUT2D eigenvalue weighted by Crippen LogP contribution is -2.32. The zero-order valence-electron chi connectivity index (χ0n) is 19.4. The van der Waals surface area contributed by atoms with Crippen molar-refractivity contribution >= 4 is 55.0 Å². The van der Waals surface area contributed by atoms with Crippen LogP contribution in [0, 0.1) is 13.8 Å². The molecule has 1 fully saturated rings. The van der Waals surface area contributed by atoms with E-state index in [9.17, 15) is 18.0 Å². The number of thioether (sulfide) groups is 1. The SMILES string of the molecule is Cc1ccc(OCCN2C(=O)S/C(=C\c3cc(Br)ccc3OS(=O)(=O)c3ccc(C)cc3)C2=O)cc1. The lowest BCUT2D eigenvalue weighted by molar-refractivity contribution is -0.123. The smallest absolute Gasteiger partial charge is 0.339 e. The van der Waals surface area contributed by atoms with Crippen LogP contribution in [0.25, 0.3) is 6.08 Å². The summed E-state index contributed by atoms with van der Waals surface area (Å²) in [5.74, 6) is 0.201. The van der Waals surface area contributed by atoms with Gasteiger partial charge in [-0.15, -0.1) is 0 Å². The fourth-order valence-corrected chi connectivity index (χ4v) is 5.49. The molecule has 2 amide bonds. The van der Waals surface area contributed by atoms with Gasteiger partial charge in [-0.25, -0.2) is 0 Å². The molecule has 0 atom stereocenters. The molecule has 0 aliphatic carbocycles. The van der Waals surface area contributed by atoms with E-state index in [0.717, 1.165) is 27.8 Å².